The van der Waals surface area contributed by atoms with E-state index in [4.69, 9.17) is 0 Å². The number of amides is 1. The number of hydrogen-bond donors (Lipinski definition) is 1. The lowest BCUT2D eigenvalue weighted by Crippen LogP contribution is -2.53. The van der Waals surface area contributed by atoms with Gasteiger partial charge in [-0.1, -0.05) is 13.8 Å². The molecule has 0 saturated carbocycles. The molecule has 88 valence electrons. The van der Waals surface area contributed by atoms with Gasteiger partial charge >= 0.3 is 0 Å². The van der Waals surface area contributed by atoms with E-state index in [1.807, 2.05) is 4.90 Å². The number of nitrogens with one attached hydrogen (secondary N) is 1. The maximum Gasteiger partial charge on any atom is 0.236 e. The van der Waals surface area contributed by atoms with E-state index in [1.54, 1.807) is 0 Å². The molecule has 1 unspecified atom stereocenters. The number of likely N-dealkylation sites (N-methyl/N-ethyl adjacent to an activating group) is 1. The minimum absolute atomic E-state index is 0.226. The summed E-state index contributed by atoms with van der Waals surface area (Å²) in [5.41, 5.74) is 0. The van der Waals surface area contributed by atoms with Crippen LogP contribution in [-0.4, -0.2) is 61.0 Å². The van der Waals surface area contributed by atoms with Crippen LogP contribution >= 0.6 is 0 Å². The van der Waals surface area contributed by atoms with Crippen molar-refractivity contribution in [2.75, 3.05) is 33.2 Å². The standard InChI is InChI=1S/C11H23N3O/c1-9(2)12-7-11(15)14-6-5-13(4)10(3)8-14/h9-10,12H,5-8H2,1-4H3. The highest BCUT2D eigenvalue weighted by atomic mass is 16.2. The fraction of sp³-hybridized carbons (Fsp3) is 0.909. The van der Waals surface area contributed by atoms with E-state index >= 15 is 0 Å². The summed E-state index contributed by atoms with van der Waals surface area (Å²) >= 11 is 0. The monoisotopic (exact) mass is 213 g/mol. The number of carbonyl (C=O) groups is 1. The Kier molecular flexibility index (Phi) is 4.54. The van der Waals surface area contributed by atoms with Gasteiger partial charge in [-0.05, 0) is 14.0 Å². The Morgan fingerprint density at radius 1 is 1.47 bits per heavy atom. The van der Waals surface area contributed by atoms with Crippen molar-refractivity contribution in [3.8, 4) is 0 Å². The minimum Gasteiger partial charge on any atom is -0.339 e. The maximum absolute atomic E-state index is 11.8. The summed E-state index contributed by atoms with van der Waals surface area (Å²) in [6.07, 6.45) is 0. The molecule has 1 saturated heterocycles. The maximum atomic E-state index is 11.8. The number of hydrogen-bond acceptors (Lipinski definition) is 3. The molecule has 0 aromatic carbocycles. The smallest absolute Gasteiger partial charge is 0.236 e. The van der Waals surface area contributed by atoms with Crippen molar-refractivity contribution in [1.82, 2.24) is 15.1 Å². The van der Waals surface area contributed by atoms with Crippen LogP contribution in [0.3, 0.4) is 0 Å². The lowest BCUT2D eigenvalue weighted by atomic mass is 10.2. The topological polar surface area (TPSA) is 35.6 Å². The van der Waals surface area contributed by atoms with Crippen LogP contribution in [0.5, 0.6) is 0 Å². The third-order valence-corrected chi connectivity index (χ3v) is 2.97. The molecule has 1 amide bonds. The van der Waals surface area contributed by atoms with E-state index in [1.165, 1.54) is 0 Å². The highest BCUT2D eigenvalue weighted by molar-refractivity contribution is 5.78. The number of nitrogens with zero attached hydrogens (tertiary/aromatic N) is 2. The third kappa shape index (κ3) is 3.80. The van der Waals surface area contributed by atoms with E-state index in [-0.39, 0.29) is 5.91 Å². The highest BCUT2D eigenvalue weighted by Gasteiger charge is 2.23. The molecule has 0 radical (unpaired) electrons. The van der Waals surface area contributed by atoms with Gasteiger partial charge in [0.25, 0.3) is 0 Å². The van der Waals surface area contributed by atoms with Gasteiger partial charge in [0.15, 0.2) is 0 Å². The first kappa shape index (κ1) is 12.5. The average molecular weight is 213 g/mol. The van der Waals surface area contributed by atoms with Crippen molar-refractivity contribution in [2.24, 2.45) is 0 Å². The van der Waals surface area contributed by atoms with Gasteiger partial charge < -0.3 is 15.1 Å². The van der Waals surface area contributed by atoms with E-state index in [0.29, 0.717) is 18.6 Å². The van der Waals surface area contributed by atoms with E-state index in [2.05, 4.69) is 38.0 Å². The predicted molar refractivity (Wildman–Crippen MR) is 61.8 cm³/mol. The minimum atomic E-state index is 0.226. The second-order valence-electron chi connectivity index (χ2n) is 4.70. The first-order chi connectivity index (χ1) is 7.00. The van der Waals surface area contributed by atoms with Crippen LogP contribution in [0.1, 0.15) is 20.8 Å². The number of piperazine rings is 1. The van der Waals surface area contributed by atoms with Crippen molar-refractivity contribution < 1.29 is 4.79 Å². The van der Waals surface area contributed by atoms with Crippen LogP contribution in [-0.2, 0) is 4.79 Å². The lowest BCUT2D eigenvalue weighted by molar-refractivity contribution is -0.132. The molecule has 4 heteroatoms. The molecule has 1 fully saturated rings. The van der Waals surface area contributed by atoms with Crippen LogP contribution in [0.2, 0.25) is 0 Å². The van der Waals surface area contributed by atoms with Crippen molar-refractivity contribution in [2.45, 2.75) is 32.9 Å². The highest BCUT2D eigenvalue weighted by Crippen LogP contribution is 2.06. The zero-order chi connectivity index (χ0) is 11.4. The fourth-order valence-corrected chi connectivity index (χ4v) is 1.68. The van der Waals surface area contributed by atoms with Crippen LogP contribution in [0, 0.1) is 0 Å². The molecular weight excluding hydrogens is 190 g/mol. The van der Waals surface area contributed by atoms with E-state index in [9.17, 15) is 4.79 Å². The molecule has 1 heterocycles. The van der Waals surface area contributed by atoms with Crippen LogP contribution in [0.25, 0.3) is 0 Å². The molecule has 0 spiro atoms. The van der Waals surface area contributed by atoms with Crippen LogP contribution in [0.4, 0.5) is 0 Å². The lowest BCUT2D eigenvalue weighted by Gasteiger charge is -2.37. The molecular formula is C11H23N3O. The van der Waals surface area contributed by atoms with Gasteiger partial charge in [0, 0.05) is 31.7 Å². The van der Waals surface area contributed by atoms with Gasteiger partial charge in [-0.15, -0.1) is 0 Å². The summed E-state index contributed by atoms with van der Waals surface area (Å²) in [6.45, 7) is 9.44. The summed E-state index contributed by atoms with van der Waals surface area (Å²) in [4.78, 5) is 16.0. The van der Waals surface area contributed by atoms with Crippen molar-refractivity contribution in [3.63, 3.8) is 0 Å². The molecule has 0 aromatic rings. The second-order valence-corrected chi connectivity index (χ2v) is 4.70. The molecule has 1 aliphatic heterocycles. The molecule has 0 aliphatic carbocycles. The van der Waals surface area contributed by atoms with E-state index < -0.39 is 0 Å². The van der Waals surface area contributed by atoms with Crippen molar-refractivity contribution in [1.29, 1.82) is 0 Å². The first-order valence-corrected chi connectivity index (χ1v) is 5.72. The third-order valence-electron chi connectivity index (χ3n) is 2.97. The van der Waals surface area contributed by atoms with Gasteiger partial charge in [-0.3, -0.25) is 4.79 Å². The summed E-state index contributed by atoms with van der Waals surface area (Å²) in [5, 5.41) is 3.16. The Hall–Kier alpha value is -0.610. The SMILES string of the molecule is CC(C)NCC(=O)N1CCN(C)C(C)C1. The normalized spacial score (nSPS) is 23.5. The van der Waals surface area contributed by atoms with Crippen molar-refractivity contribution in [3.05, 3.63) is 0 Å². The second kappa shape index (κ2) is 5.47. The molecule has 15 heavy (non-hydrogen) atoms. The Morgan fingerprint density at radius 3 is 2.67 bits per heavy atom. The molecule has 0 bridgehead atoms. The van der Waals surface area contributed by atoms with Gasteiger partial charge in [-0.2, -0.15) is 0 Å². The predicted octanol–water partition coefficient (Wildman–Crippen LogP) is 0.147. The zero-order valence-corrected chi connectivity index (χ0v) is 10.3. The fourth-order valence-electron chi connectivity index (χ4n) is 1.68. The van der Waals surface area contributed by atoms with Crippen LogP contribution < -0.4 is 5.32 Å². The van der Waals surface area contributed by atoms with Gasteiger partial charge in [0.1, 0.15) is 0 Å². The zero-order valence-electron chi connectivity index (χ0n) is 10.3. The van der Waals surface area contributed by atoms with Crippen molar-refractivity contribution >= 4 is 5.91 Å². The summed E-state index contributed by atoms with van der Waals surface area (Å²) < 4.78 is 0. The quantitative estimate of drug-likeness (QED) is 0.725. The average Bonchev–Trinajstić information content (AvgIpc) is 2.18. The number of rotatable bonds is 3. The molecule has 1 rings (SSSR count). The Labute approximate surface area is 92.6 Å². The largest absolute Gasteiger partial charge is 0.339 e. The van der Waals surface area contributed by atoms with Gasteiger partial charge in [0.05, 0.1) is 6.54 Å². The summed E-state index contributed by atoms with van der Waals surface area (Å²) in [7, 11) is 2.11. The Balaban J connectivity index is 2.34. The molecule has 1 atom stereocenters. The molecule has 4 nitrogen and oxygen atoms in total. The Bertz CT molecular complexity index is 218. The van der Waals surface area contributed by atoms with Crippen LogP contribution in [0.15, 0.2) is 0 Å². The molecule has 0 aromatic heterocycles. The summed E-state index contributed by atoms with van der Waals surface area (Å²) in [5.74, 6) is 0.226. The molecule has 1 aliphatic rings. The molecule has 1 N–H and O–H groups in total. The van der Waals surface area contributed by atoms with Gasteiger partial charge in [0.2, 0.25) is 5.91 Å². The summed E-state index contributed by atoms with van der Waals surface area (Å²) in [6, 6.07) is 0.848. The van der Waals surface area contributed by atoms with Gasteiger partial charge in [-0.25, -0.2) is 0 Å². The van der Waals surface area contributed by atoms with E-state index in [0.717, 1.165) is 19.6 Å². The Morgan fingerprint density at radius 2 is 2.13 bits per heavy atom. The number of carbonyl (C=O) groups excluding carboxylic acids is 1. The first-order valence-electron chi connectivity index (χ1n) is 5.72.